The minimum atomic E-state index is -0.723. The van der Waals surface area contributed by atoms with Crippen LogP contribution in [0.15, 0.2) is 11.1 Å². The Kier molecular flexibility index (Phi) is 2.21. The molecule has 0 bridgehead atoms. The Hall–Kier alpha value is -0.500. The van der Waals surface area contributed by atoms with Gasteiger partial charge in [-0.3, -0.25) is 4.79 Å². The molecule has 0 aromatic carbocycles. The predicted molar refractivity (Wildman–Crippen MR) is 48.0 cm³/mol. The van der Waals surface area contributed by atoms with Crippen LogP contribution in [0.5, 0.6) is 0 Å². The monoisotopic (exact) mass is 188 g/mol. The molecule has 1 aliphatic rings. The van der Waals surface area contributed by atoms with Gasteiger partial charge in [0, 0.05) is 5.03 Å². The van der Waals surface area contributed by atoms with Crippen molar-refractivity contribution < 1.29 is 9.90 Å². The van der Waals surface area contributed by atoms with Gasteiger partial charge in [-0.1, -0.05) is 31.5 Å². The number of aliphatic carboxylic acids is 1. The molecule has 0 aromatic rings. The largest absolute Gasteiger partial charge is 0.481 e. The van der Waals surface area contributed by atoms with Crippen LogP contribution in [0.1, 0.15) is 20.8 Å². The Morgan fingerprint density at radius 2 is 2.08 bits per heavy atom. The Morgan fingerprint density at radius 1 is 1.58 bits per heavy atom. The molecule has 0 spiro atoms. The molecule has 0 radical (unpaired) electrons. The summed E-state index contributed by atoms with van der Waals surface area (Å²) in [4.78, 5) is 10.7. The fourth-order valence-corrected chi connectivity index (χ4v) is 1.84. The first-order valence-electron chi connectivity index (χ1n) is 3.94. The van der Waals surface area contributed by atoms with Crippen LogP contribution in [0, 0.1) is 17.3 Å². The molecule has 1 fully saturated rings. The van der Waals surface area contributed by atoms with Crippen molar-refractivity contribution in [2.45, 2.75) is 20.8 Å². The van der Waals surface area contributed by atoms with E-state index in [2.05, 4.69) is 0 Å². The van der Waals surface area contributed by atoms with E-state index in [1.165, 1.54) is 0 Å². The van der Waals surface area contributed by atoms with Crippen molar-refractivity contribution in [2.75, 3.05) is 0 Å². The van der Waals surface area contributed by atoms with E-state index >= 15 is 0 Å². The average Bonchev–Trinajstić information content (AvgIpc) is 2.32. The number of carboxylic acids is 1. The van der Waals surface area contributed by atoms with Crippen molar-refractivity contribution in [3.8, 4) is 0 Å². The highest BCUT2D eigenvalue weighted by Crippen LogP contribution is 2.59. The molecule has 3 heteroatoms. The third-order valence-electron chi connectivity index (χ3n) is 2.59. The Labute approximate surface area is 77.2 Å². The van der Waals surface area contributed by atoms with Crippen LogP contribution in [-0.2, 0) is 4.79 Å². The molecular weight excluding hydrogens is 176 g/mol. The highest BCUT2D eigenvalue weighted by Gasteiger charge is 2.60. The van der Waals surface area contributed by atoms with Gasteiger partial charge in [0.2, 0.25) is 0 Å². The second-order valence-corrected chi connectivity index (χ2v) is 4.51. The maximum absolute atomic E-state index is 10.7. The minimum absolute atomic E-state index is 0.104. The molecule has 0 aromatic heterocycles. The van der Waals surface area contributed by atoms with E-state index < -0.39 is 5.97 Å². The van der Waals surface area contributed by atoms with Crippen LogP contribution in [0.2, 0.25) is 0 Å². The Bertz CT molecular complexity index is 239. The molecule has 0 saturated heterocycles. The quantitative estimate of drug-likeness (QED) is 0.723. The molecule has 1 N–H and O–H groups in total. The van der Waals surface area contributed by atoms with Gasteiger partial charge in [0.15, 0.2) is 0 Å². The fourth-order valence-electron chi connectivity index (χ4n) is 1.71. The molecule has 0 aliphatic heterocycles. The predicted octanol–water partition coefficient (Wildman–Crippen LogP) is 2.49. The van der Waals surface area contributed by atoms with Crippen LogP contribution < -0.4 is 0 Å². The smallest absolute Gasteiger partial charge is 0.307 e. The van der Waals surface area contributed by atoms with E-state index in [4.69, 9.17) is 16.7 Å². The highest BCUT2D eigenvalue weighted by atomic mass is 35.5. The van der Waals surface area contributed by atoms with Crippen LogP contribution in [-0.4, -0.2) is 11.1 Å². The van der Waals surface area contributed by atoms with Gasteiger partial charge in [0.25, 0.3) is 0 Å². The Balaban J connectivity index is 2.73. The normalized spacial score (nSPS) is 33.2. The summed E-state index contributed by atoms with van der Waals surface area (Å²) in [5.74, 6) is -0.877. The number of carbonyl (C=O) groups is 1. The first kappa shape index (κ1) is 9.59. The van der Waals surface area contributed by atoms with Gasteiger partial charge >= 0.3 is 5.97 Å². The van der Waals surface area contributed by atoms with E-state index in [9.17, 15) is 4.79 Å². The van der Waals surface area contributed by atoms with Crippen LogP contribution in [0.25, 0.3) is 0 Å². The highest BCUT2D eigenvalue weighted by molar-refractivity contribution is 6.29. The first-order chi connectivity index (χ1) is 5.37. The summed E-state index contributed by atoms with van der Waals surface area (Å²) in [6.07, 6.45) is 1.83. The second-order valence-electron chi connectivity index (χ2n) is 3.92. The number of halogens is 1. The van der Waals surface area contributed by atoms with Gasteiger partial charge in [0.1, 0.15) is 0 Å². The van der Waals surface area contributed by atoms with Gasteiger partial charge in [0.05, 0.1) is 5.92 Å². The molecule has 1 aliphatic carbocycles. The summed E-state index contributed by atoms with van der Waals surface area (Å²) in [5.41, 5.74) is -0.123. The standard InChI is InChI=1S/C9H13ClO2/c1-5(10)4-6-7(8(11)12)9(6,2)3/h4,6-7H,1-3H3,(H,11,12)/b5-4+. The van der Waals surface area contributed by atoms with Crippen molar-refractivity contribution in [2.24, 2.45) is 17.3 Å². The van der Waals surface area contributed by atoms with Crippen LogP contribution in [0.4, 0.5) is 0 Å². The van der Waals surface area contributed by atoms with E-state index in [-0.39, 0.29) is 17.3 Å². The van der Waals surface area contributed by atoms with Crippen molar-refractivity contribution in [1.29, 1.82) is 0 Å². The van der Waals surface area contributed by atoms with Gasteiger partial charge in [-0.15, -0.1) is 0 Å². The van der Waals surface area contributed by atoms with Crippen molar-refractivity contribution in [1.82, 2.24) is 0 Å². The zero-order valence-corrected chi connectivity index (χ0v) is 8.22. The third kappa shape index (κ3) is 1.48. The van der Waals surface area contributed by atoms with E-state index in [1.807, 2.05) is 19.9 Å². The number of hydrogen-bond donors (Lipinski definition) is 1. The van der Waals surface area contributed by atoms with Crippen molar-refractivity contribution >= 4 is 17.6 Å². The molecule has 2 atom stereocenters. The summed E-state index contributed by atoms with van der Waals surface area (Å²) >= 11 is 5.68. The number of allylic oxidation sites excluding steroid dienone is 2. The van der Waals surface area contributed by atoms with E-state index in [0.717, 1.165) is 0 Å². The topological polar surface area (TPSA) is 37.3 Å². The molecule has 68 valence electrons. The molecular formula is C9H13ClO2. The van der Waals surface area contributed by atoms with Crippen LogP contribution >= 0.6 is 11.6 Å². The van der Waals surface area contributed by atoms with Gasteiger partial charge in [-0.05, 0) is 18.3 Å². The van der Waals surface area contributed by atoms with Crippen molar-refractivity contribution in [3.63, 3.8) is 0 Å². The maximum atomic E-state index is 10.7. The molecule has 1 saturated carbocycles. The lowest BCUT2D eigenvalue weighted by Gasteiger charge is -1.96. The number of rotatable bonds is 2. The van der Waals surface area contributed by atoms with Crippen molar-refractivity contribution in [3.05, 3.63) is 11.1 Å². The van der Waals surface area contributed by atoms with Crippen LogP contribution in [0.3, 0.4) is 0 Å². The van der Waals surface area contributed by atoms with Gasteiger partial charge in [-0.2, -0.15) is 0 Å². The first-order valence-corrected chi connectivity index (χ1v) is 4.32. The zero-order valence-electron chi connectivity index (χ0n) is 7.47. The summed E-state index contributed by atoms with van der Waals surface area (Å²) in [7, 11) is 0. The lowest BCUT2D eigenvalue weighted by Crippen LogP contribution is -2.02. The lowest BCUT2D eigenvalue weighted by molar-refractivity contribution is -0.139. The summed E-state index contributed by atoms with van der Waals surface area (Å²) < 4.78 is 0. The molecule has 2 unspecified atom stereocenters. The SMILES string of the molecule is C/C(Cl)=C\C1C(C(=O)O)C1(C)C. The number of hydrogen-bond acceptors (Lipinski definition) is 1. The molecule has 12 heavy (non-hydrogen) atoms. The average molecular weight is 189 g/mol. The summed E-state index contributed by atoms with van der Waals surface area (Å²) in [6.45, 7) is 5.68. The molecule has 0 heterocycles. The summed E-state index contributed by atoms with van der Waals surface area (Å²) in [6, 6.07) is 0. The molecule has 2 nitrogen and oxygen atoms in total. The van der Waals surface area contributed by atoms with Gasteiger partial charge in [-0.25, -0.2) is 0 Å². The van der Waals surface area contributed by atoms with Gasteiger partial charge < -0.3 is 5.11 Å². The molecule has 0 amide bonds. The third-order valence-corrected chi connectivity index (χ3v) is 2.71. The zero-order chi connectivity index (χ0) is 9.52. The fraction of sp³-hybridized carbons (Fsp3) is 0.667. The maximum Gasteiger partial charge on any atom is 0.307 e. The summed E-state index contributed by atoms with van der Waals surface area (Å²) in [5, 5.41) is 9.48. The second kappa shape index (κ2) is 2.77. The van der Waals surface area contributed by atoms with E-state index in [0.29, 0.717) is 5.03 Å². The number of carboxylic acid groups (broad SMARTS) is 1. The lowest BCUT2D eigenvalue weighted by atomic mass is 10.1. The Morgan fingerprint density at radius 3 is 2.33 bits per heavy atom. The van der Waals surface area contributed by atoms with E-state index in [1.54, 1.807) is 6.92 Å². The minimum Gasteiger partial charge on any atom is -0.481 e. The molecule has 1 rings (SSSR count).